The summed E-state index contributed by atoms with van der Waals surface area (Å²) in [6, 6.07) is -0.177. The topological polar surface area (TPSA) is 70.2 Å². The molecule has 3 heterocycles. The predicted molar refractivity (Wildman–Crippen MR) is 114 cm³/mol. The van der Waals surface area contributed by atoms with Crippen LogP contribution in [0.2, 0.25) is 7.16 Å². The number of thiophene rings is 1. The van der Waals surface area contributed by atoms with Crippen LogP contribution in [-0.2, 0) is 6.52 Å². The summed E-state index contributed by atoms with van der Waals surface area (Å²) in [6.45, 7) is -4.01. The number of benzene rings is 1. The van der Waals surface area contributed by atoms with Crippen molar-refractivity contribution in [3.63, 3.8) is 0 Å². The lowest BCUT2D eigenvalue weighted by molar-refractivity contribution is 0.0963. The van der Waals surface area contributed by atoms with Crippen molar-refractivity contribution < 1.29 is 20.0 Å². The molecule has 1 aliphatic heterocycles. The molecular formula is C20H22ClN5OS. The third-order valence-corrected chi connectivity index (χ3v) is 5.31. The molecule has 0 radical (unpaired) electrons. The maximum atomic E-state index is 12.5. The average molecular weight is 427 g/mol. The van der Waals surface area contributed by atoms with E-state index in [-0.39, 0.29) is 75.6 Å². The van der Waals surface area contributed by atoms with E-state index >= 15 is 0 Å². The minimum absolute atomic E-state index is 0.0246. The summed E-state index contributed by atoms with van der Waals surface area (Å²) in [6.07, 6.45) is -0.285. The lowest BCUT2D eigenvalue weighted by atomic mass is 10.0. The van der Waals surface area contributed by atoms with Gasteiger partial charge >= 0.3 is 0 Å². The van der Waals surface area contributed by atoms with Crippen molar-refractivity contribution in [2.45, 2.75) is 25.4 Å². The molecule has 1 unspecified atom stereocenters. The third kappa shape index (κ3) is 4.27. The van der Waals surface area contributed by atoms with Gasteiger partial charge in [-0.15, -0.1) is 11.3 Å². The van der Waals surface area contributed by atoms with E-state index in [1.54, 1.807) is 4.90 Å². The van der Waals surface area contributed by atoms with Crippen molar-refractivity contribution in [2.24, 2.45) is 0 Å². The Morgan fingerprint density at radius 2 is 2.39 bits per heavy atom. The standard InChI is InChI=1S/C20H22ClN5OS/c1-22-19(27)14-4-2-3-13(9-14)11-26-7-5-15(6-8-26)25-18-16-10-17(21)28-20(16)24-12-23-18/h2-4,9-10,12,15H,5-8,11H2,1H3,(H,22,27)(H,23,24,25)/i1D3,3D,4D,10D,11D,12D,15D/hD2. The number of carbonyl (C=O) groups excluding carboxylic acids is 1. The number of piperidine rings is 1. The first-order valence-corrected chi connectivity index (χ1v) is 9.58. The van der Waals surface area contributed by atoms with Gasteiger partial charge < -0.3 is 10.6 Å². The molecule has 0 spiro atoms. The van der Waals surface area contributed by atoms with E-state index in [1.807, 2.05) is 0 Å². The van der Waals surface area contributed by atoms with Crippen LogP contribution in [0.3, 0.4) is 0 Å². The van der Waals surface area contributed by atoms with Crippen LogP contribution >= 0.6 is 22.9 Å². The molecule has 3 aromatic rings. The van der Waals surface area contributed by atoms with E-state index in [4.69, 9.17) is 26.8 Å². The molecule has 1 aromatic carbocycles. The Morgan fingerprint density at radius 1 is 1.54 bits per heavy atom. The molecule has 0 bridgehead atoms. The number of carbonyl (C=O) groups is 1. The van der Waals surface area contributed by atoms with Crippen LogP contribution in [-0.4, -0.2) is 46.9 Å². The largest absolute Gasteiger partial charge is 0.367 e. The number of aromatic nitrogens is 2. The smallest absolute Gasteiger partial charge is 0.251 e. The molecule has 8 heteroatoms. The molecule has 0 saturated carbocycles. The summed E-state index contributed by atoms with van der Waals surface area (Å²) in [5.41, 5.74) is -0.398. The average Bonchev–Trinajstić information content (AvgIpc) is 3.14. The van der Waals surface area contributed by atoms with Gasteiger partial charge in [-0.2, -0.15) is 0 Å². The summed E-state index contributed by atoms with van der Waals surface area (Å²) in [7, 11) is 0. The molecule has 4 rings (SSSR count). The number of rotatable bonds is 5. The molecule has 0 aliphatic carbocycles. The van der Waals surface area contributed by atoms with Crippen LogP contribution in [0.1, 0.15) is 41.1 Å². The zero-order valence-electron chi connectivity index (χ0n) is 25.5. The second-order valence-electron chi connectivity index (χ2n) is 6.03. The zero-order valence-corrected chi connectivity index (χ0v) is 16.1. The zero-order chi connectivity index (χ0) is 29.0. The van der Waals surface area contributed by atoms with Crippen molar-refractivity contribution in [2.75, 3.05) is 25.4 Å². The summed E-state index contributed by atoms with van der Waals surface area (Å²) < 4.78 is 88.1. The molecule has 1 aliphatic rings. The van der Waals surface area contributed by atoms with Crippen molar-refractivity contribution in [3.05, 3.63) is 52.0 Å². The molecule has 1 saturated heterocycles. The van der Waals surface area contributed by atoms with E-state index in [2.05, 4.69) is 9.97 Å². The number of amides is 1. The highest BCUT2D eigenvalue weighted by Crippen LogP contribution is 2.32. The van der Waals surface area contributed by atoms with E-state index in [0.29, 0.717) is 0 Å². The van der Waals surface area contributed by atoms with Gasteiger partial charge in [0.25, 0.3) is 5.91 Å². The van der Waals surface area contributed by atoms with Crippen molar-refractivity contribution in [1.82, 2.24) is 20.2 Å². The number of nitrogens with one attached hydrogen (secondary N) is 2. The van der Waals surface area contributed by atoms with Crippen molar-refractivity contribution >= 4 is 44.9 Å². The normalized spacial score (nSPS) is 24.0. The number of nitrogens with zero attached hydrogens (tertiary/aromatic N) is 3. The second kappa shape index (κ2) is 8.43. The Morgan fingerprint density at radius 3 is 3.21 bits per heavy atom. The van der Waals surface area contributed by atoms with E-state index in [1.165, 1.54) is 0 Å². The maximum absolute atomic E-state index is 12.5. The van der Waals surface area contributed by atoms with Gasteiger partial charge in [0.15, 0.2) is 2.82 Å². The first-order chi connectivity index (χ1) is 18.0. The summed E-state index contributed by atoms with van der Waals surface area (Å²) in [4.78, 5) is 22.4. The van der Waals surface area contributed by atoms with Gasteiger partial charge in [-0.3, -0.25) is 9.69 Å². The number of hydrogen-bond donors (Lipinski definition) is 2. The Kier molecular flexibility index (Phi) is 3.01. The van der Waals surface area contributed by atoms with E-state index in [0.717, 1.165) is 28.8 Å². The van der Waals surface area contributed by atoms with Crippen molar-refractivity contribution in [3.8, 4) is 0 Å². The number of fused-ring (bicyclic) bond motifs is 1. The van der Waals surface area contributed by atoms with Crippen LogP contribution in [0, 0.1) is 0 Å². The lowest BCUT2D eigenvalue weighted by Gasteiger charge is -2.32. The van der Waals surface area contributed by atoms with Gasteiger partial charge in [-0.1, -0.05) is 23.7 Å². The highest BCUT2D eigenvalue weighted by molar-refractivity contribution is 7.22. The second-order valence-corrected chi connectivity index (χ2v) is 7.64. The van der Waals surface area contributed by atoms with Gasteiger partial charge in [0.1, 0.15) is 18.3 Å². The van der Waals surface area contributed by atoms with Gasteiger partial charge in [-0.25, -0.2) is 9.97 Å². The predicted octanol–water partition coefficient (Wildman–Crippen LogP) is 3.78. The first-order valence-electron chi connectivity index (χ1n) is 13.9. The molecule has 1 fully saturated rings. The highest BCUT2D eigenvalue weighted by atomic mass is 35.5. The molecule has 1 amide bonds. The van der Waals surface area contributed by atoms with Gasteiger partial charge in [0, 0.05) is 43.7 Å². The molecule has 146 valence electrons. The van der Waals surface area contributed by atoms with Crippen molar-refractivity contribution in [1.29, 1.82) is 0 Å². The van der Waals surface area contributed by atoms with E-state index < -0.39 is 37.0 Å². The highest BCUT2D eigenvalue weighted by Gasteiger charge is 2.21. The van der Waals surface area contributed by atoms with Crippen LogP contribution in [0.25, 0.3) is 10.2 Å². The van der Waals surface area contributed by atoms with Gasteiger partial charge in [0.2, 0.25) is 0 Å². The molecular weight excluding hydrogens is 394 g/mol. The number of likely N-dealkylation sites (tertiary alicyclic amines) is 1. The maximum Gasteiger partial charge on any atom is 0.251 e. The summed E-state index contributed by atoms with van der Waals surface area (Å²) in [5, 5.41) is 0.793. The van der Waals surface area contributed by atoms with Gasteiger partial charge in [-0.05, 0) is 36.6 Å². The summed E-state index contributed by atoms with van der Waals surface area (Å²) in [5.74, 6) is -1.34. The third-order valence-electron chi connectivity index (χ3n) is 4.21. The van der Waals surface area contributed by atoms with Crippen LogP contribution in [0.4, 0.5) is 5.82 Å². The number of anilines is 1. The SMILES string of the molecule is [2H]c1nc(N([2H])C2([2H])CCN(C([2H])c3cc(C(=O)N([2H])C([2H])([2H])[2H])c([2H])cc3[2H])CC2)c2c([2H])c(Cl)sc2n1. The first kappa shape index (κ1) is 10.0. The fourth-order valence-electron chi connectivity index (χ4n) is 2.86. The molecule has 2 N–H and O–H groups in total. The fraction of sp³-hybridized carbons (Fsp3) is 0.350. The molecule has 6 nitrogen and oxygen atoms in total. The lowest BCUT2D eigenvalue weighted by Crippen LogP contribution is -2.38. The van der Waals surface area contributed by atoms with E-state index in [9.17, 15) is 4.79 Å². The molecule has 28 heavy (non-hydrogen) atoms. The minimum Gasteiger partial charge on any atom is -0.367 e. The molecule has 2 aromatic heterocycles. The Labute approximate surface area is 188 Å². The van der Waals surface area contributed by atoms with Gasteiger partial charge in [0.05, 0.1) is 15.2 Å². The Balaban J connectivity index is 1.56. The number of hydrogen-bond acceptors (Lipinski definition) is 6. The quantitative estimate of drug-likeness (QED) is 0.649. The number of halogens is 1. The Bertz CT molecular complexity index is 1430. The van der Waals surface area contributed by atoms with Crippen LogP contribution in [0.5, 0.6) is 0 Å². The van der Waals surface area contributed by atoms with Crippen LogP contribution in [0.15, 0.2) is 36.6 Å². The Hall–Kier alpha value is -2.22. The minimum atomic E-state index is -3.05. The van der Waals surface area contributed by atoms with Crippen LogP contribution < -0.4 is 10.6 Å². The molecule has 1 atom stereocenters. The summed E-state index contributed by atoms with van der Waals surface area (Å²) >= 11 is 7.05. The fourth-order valence-corrected chi connectivity index (χ4v) is 3.83. The monoisotopic (exact) mass is 426 g/mol.